The molecule has 0 aliphatic heterocycles. The zero-order valence-corrected chi connectivity index (χ0v) is 12.0. The molecule has 4 heteroatoms. The molecule has 0 fully saturated rings. The van der Waals surface area contributed by atoms with Crippen molar-refractivity contribution >= 4 is 9.84 Å². The van der Waals surface area contributed by atoms with Gasteiger partial charge in [0.05, 0.1) is 23.1 Å². The molecule has 0 atom stereocenters. The van der Waals surface area contributed by atoms with Gasteiger partial charge >= 0.3 is 0 Å². The van der Waals surface area contributed by atoms with Crippen molar-refractivity contribution in [2.24, 2.45) is 0 Å². The predicted octanol–water partition coefficient (Wildman–Crippen LogP) is 2.98. The first kappa shape index (κ1) is 14.3. The molecule has 0 heterocycles. The van der Waals surface area contributed by atoms with Crippen LogP contribution in [-0.2, 0) is 21.3 Å². The van der Waals surface area contributed by atoms with Gasteiger partial charge in [0.1, 0.15) is 0 Å². The highest BCUT2D eigenvalue weighted by Gasteiger charge is 2.16. The van der Waals surface area contributed by atoms with Crippen molar-refractivity contribution in [3.05, 3.63) is 70.8 Å². The normalized spacial score (nSPS) is 11.0. The number of sulfone groups is 1. The minimum Gasteiger partial charge on any atom is -0.228 e. The Morgan fingerprint density at radius 1 is 0.950 bits per heavy atom. The highest BCUT2D eigenvalue weighted by atomic mass is 32.2. The summed E-state index contributed by atoms with van der Waals surface area (Å²) in [6.45, 7) is 1.90. The van der Waals surface area contributed by atoms with Crippen LogP contribution in [0.3, 0.4) is 0 Å². The summed E-state index contributed by atoms with van der Waals surface area (Å²) in [5.41, 5.74) is 2.75. The Morgan fingerprint density at radius 3 is 2.15 bits per heavy atom. The molecule has 20 heavy (non-hydrogen) atoms. The second kappa shape index (κ2) is 5.89. The summed E-state index contributed by atoms with van der Waals surface area (Å²) in [6, 6.07) is 16.3. The van der Waals surface area contributed by atoms with Crippen LogP contribution >= 0.6 is 0 Å². The zero-order chi connectivity index (χ0) is 14.6. The van der Waals surface area contributed by atoms with Gasteiger partial charge in [-0.1, -0.05) is 42.5 Å². The number of nitrogens with zero attached hydrogens (tertiary/aromatic N) is 1. The summed E-state index contributed by atoms with van der Waals surface area (Å²) in [4.78, 5) is 0. The van der Waals surface area contributed by atoms with Crippen LogP contribution in [0.1, 0.15) is 22.3 Å². The van der Waals surface area contributed by atoms with E-state index >= 15 is 0 Å². The van der Waals surface area contributed by atoms with E-state index in [1.807, 2.05) is 37.3 Å². The third-order valence-electron chi connectivity index (χ3n) is 3.15. The van der Waals surface area contributed by atoms with Gasteiger partial charge in [-0.25, -0.2) is 8.42 Å². The molecule has 0 saturated heterocycles. The number of benzene rings is 2. The van der Waals surface area contributed by atoms with Crippen LogP contribution in [0.15, 0.2) is 48.5 Å². The fourth-order valence-electron chi connectivity index (χ4n) is 2.05. The summed E-state index contributed by atoms with van der Waals surface area (Å²) in [5.74, 6) is -0.107. The Balaban J connectivity index is 2.25. The van der Waals surface area contributed by atoms with Crippen LogP contribution in [0.25, 0.3) is 0 Å². The maximum Gasteiger partial charge on any atom is 0.158 e. The second-order valence-corrected chi connectivity index (χ2v) is 6.79. The average Bonchev–Trinajstić information content (AvgIpc) is 2.41. The number of rotatable bonds is 4. The first-order valence-corrected chi connectivity index (χ1v) is 8.07. The lowest BCUT2D eigenvalue weighted by Gasteiger charge is -2.08. The summed E-state index contributed by atoms with van der Waals surface area (Å²) in [7, 11) is -3.29. The second-order valence-electron chi connectivity index (χ2n) is 4.73. The van der Waals surface area contributed by atoms with Crippen molar-refractivity contribution in [1.29, 1.82) is 5.26 Å². The third kappa shape index (κ3) is 3.46. The number of nitriles is 1. The minimum atomic E-state index is -3.29. The fraction of sp³-hybridized carbons (Fsp3) is 0.188. The van der Waals surface area contributed by atoms with Crippen molar-refractivity contribution in [3.63, 3.8) is 0 Å². The van der Waals surface area contributed by atoms with Crippen molar-refractivity contribution < 1.29 is 8.42 Å². The molecule has 0 aliphatic carbocycles. The molecule has 0 N–H and O–H groups in total. The third-order valence-corrected chi connectivity index (χ3v) is 4.65. The standard InChI is InChI=1S/C16H15NO2S/c1-13-6-2-3-8-15(13)11-20(18,19)12-16-9-5-4-7-14(16)10-17/h2-9H,11-12H2,1H3. The molecule has 0 aromatic heterocycles. The highest BCUT2D eigenvalue weighted by Crippen LogP contribution is 2.17. The van der Waals surface area contributed by atoms with E-state index in [-0.39, 0.29) is 11.5 Å². The molecule has 0 amide bonds. The first-order chi connectivity index (χ1) is 9.52. The van der Waals surface area contributed by atoms with Gasteiger partial charge < -0.3 is 0 Å². The van der Waals surface area contributed by atoms with Crippen LogP contribution in [0.2, 0.25) is 0 Å². The molecular weight excluding hydrogens is 270 g/mol. The fourth-order valence-corrected chi connectivity index (χ4v) is 3.68. The maximum atomic E-state index is 12.3. The van der Waals surface area contributed by atoms with Crippen LogP contribution in [-0.4, -0.2) is 8.42 Å². The molecule has 2 rings (SSSR count). The summed E-state index contributed by atoms with van der Waals surface area (Å²) in [6.07, 6.45) is 0. The summed E-state index contributed by atoms with van der Waals surface area (Å²) >= 11 is 0. The van der Waals surface area contributed by atoms with Crippen molar-refractivity contribution in [2.45, 2.75) is 18.4 Å². The highest BCUT2D eigenvalue weighted by molar-refractivity contribution is 7.89. The lowest BCUT2D eigenvalue weighted by molar-refractivity contribution is 0.594. The zero-order valence-electron chi connectivity index (χ0n) is 11.2. The van der Waals surface area contributed by atoms with Gasteiger partial charge in [-0.15, -0.1) is 0 Å². The SMILES string of the molecule is Cc1ccccc1CS(=O)(=O)Cc1ccccc1C#N. The van der Waals surface area contributed by atoms with E-state index in [1.54, 1.807) is 24.3 Å². The largest absolute Gasteiger partial charge is 0.228 e. The molecule has 0 unspecified atom stereocenters. The molecular formula is C16H15NO2S. The molecule has 0 aliphatic rings. The summed E-state index contributed by atoms with van der Waals surface area (Å²) in [5, 5.41) is 9.00. The van der Waals surface area contributed by atoms with E-state index in [2.05, 4.69) is 0 Å². The molecule has 0 saturated carbocycles. The van der Waals surface area contributed by atoms with Crippen molar-refractivity contribution in [1.82, 2.24) is 0 Å². The molecule has 0 bridgehead atoms. The van der Waals surface area contributed by atoms with E-state index in [9.17, 15) is 8.42 Å². The topological polar surface area (TPSA) is 57.9 Å². The van der Waals surface area contributed by atoms with Gasteiger partial charge in [-0.3, -0.25) is 0 Å². The number of hydrogen-bond acceptors (Lipinski definition) is 3. The van der Waals surface area contributed by atoms with Crippen LogP contribution in [0.5, 0.6) is 0 Å². The van der Waals surface area contributed by atoms with Crippen molar-refractivity contribution in [2.75, 3.05) is 0 Å². The van der Waals surface area contributed by atoms with Gasteiger partial charge in [0.15, 0.2) is 9.84 Å². The van der Waals surface area contributed by atoms with Gasteiger partial charge in [-0.2, -0.15) is 5.26 Å². The quantitative estimate of drug-likeness (QED) is 0.867. The molecule has 2 aromatic rings. The Labute approximate surface area is 119 Å². The molecule has 2 aromatic carbocycles. The van der Waals surface area contributed by atoms with E-state index in [0.29, 0.717) is 11.1 Å². The number of hydrogen-bond donors (Lipinski definition) is 0. The van der Waals surface area contributed by atoms with Crippen LogP contribution < -0.4 is 0 Å². The van der Waals surface area contributed by atoms with Gasteiger partial charge in [0.25, 0.3) is 0 Å². The molecule has 3 nitrogen and oxygen atoms in total. The number of aryl methyl sites for hydroxylation is 1. The van der Waals surface area contributed by atoms with Crippen LogP contribution in [0.4, 0.5) is 0 Å². The Kier molecular flexibility index (Phi) is 4.21. The van der Waals surface area contributed by atoms with Crippen LogP contribution in [0, 0.1) is 18.3 Å². The van der Waals surface area contributed by atoms with E-state index in [1.165, 1.54) is 0 Å². The van der Waals surface area contributed by atoms with E-state index in [0.717, 1.165) is 11.1 Å². The molecule has 102 valence electrons. The lowest BCUT2D eigenvalue weighted by Crippen LogP contribution is -2.09. The summed E-state index contributed by atoms with van der Waals surface area (Å²) < 4.78 is 24.6. The maximum absolute atomic E-state index is 12.3. The average molecular weight is 285 g/mol. The van der Waals surface area contributed by atoms with Gasteiger partial charge in [0, 0.05) is 0 Å². The van der Waals surface area contributed by atoms with Crippen molar-refractivity contribution in [3.8, 4) is 6.07 Å². The molecule has 0 spiro atoms. The Morgan fingerprint density at radius 2 is 1.50 bits per heavy atom. The predicted molar refractivity (Wildman–Crippen MR) is 78.7 cm³/mol. The lowest BCUT2D eigenvalue weighted by atomic mass is 10.1. The van der Waals surface area contributed by atoms with Gasteiger partial charge in [-0.05, 0) is 29.7 Å². The first-order valence-electron chi connectivity index (χ1n) is 6.25. The van der Waals surface area contributed by atoms with E-state index < -0.39 is 9.84 Å². The molecule has 0 radical (unpaired) electrons. The Hall–Kier alpha value is -2.12. The van der Waals surface area contributed by atoms with E-state index in [4.69, 9.17) is 5.26 Å². The Bertz CT molecular complexity index is 758. The monoisotopic (exact) mass is 285 g/mol. The van der Waals surface area contributed by atoms with Gasteiger partial charge in [0.2, 0.25) is 0 Å². The smallest absolute Gasteiger partial charge is 0.158 e. The minimum absolute atomic E-state index is 0.000559.